The van der Waals surface area contributed by atoms with Crippen molar-refractivity contribution in [2.24, 2.45) is 0 Å². The van der Waals surface area contributed by atoms with Crippen molar-refractivity contribution < 1.29 is 14.3 Å². The first-order valence-electron chi connectivity index (χ1n) is 9.44. The summed E-state index contributed by atoms with van der Waals surface area (Å²) >= 11 is 0. The van der Waals surface area contributed by atoms with Gasteiger partial charge in [0.1, 0.15) is 11.5 Å². The molecule has 2 aromatic carbocycles. The Bertz CT molecular complexity index is 726. The molecule has 0 spiro atoms. The highest BCUT2D eigenvalue weighted by atomic mass is 16.5. The van der Waals surface area contributed by atoms with E-state index in [1.54, 1.807) is 14.2 Å². The fraction of sp³-hybridized carbons (Fsp3) is 0.409. The molecule has 3 rings (SSSR count). The summed E-state index contributed by atoms with van der Waals surface area (Å²) in [6.45, 7) is 2.87. The van der Waals surface area contributed by atoms with Gasteiger partial charge in [-0.25, -0.2) is 0 Å². The predicted octanol–water partition coefficient (Wildman–Crippen LogP) is 3.03. The Kier molecular flexibility index (Phi) is 6.71. The lowest BCUT2D eigenvalue weighted by atomic mass is 10.1. The Morgan fingerprint density at radius 1 is 1.07 bits per heavy atom. The summed E-state index contributed by atoms with van der Waals surface area (Å²) in [5.74, 6) is 1.59. The summed E-state index contributed by atoms with van der Waals surface area (Å²) in [6, 6.07) is 16.4. The van der Waals surface area contributed by atoms with Crippen LogP contribution in [0.3, 0.4) is 0 Å². The molecule has 2 aromatic rings. The lowest BCUT2D eigenvalue weighted by Gasteiger charge is -2.17. The van der Waals surface area contributed by atoms with Gasteiger partial charge in [0, 0.05) is 38.2 Å². The van der Waals surface area contributed by atoms with Crippen LogP contribution in [0.15, 0.2) is 48.5 Å². The van der Waals surface area contributed by atoms with Gasteiger partial charge >= 0.3 is 0 Å². The van der Waals surface area contributed by atoms with Gasteiger partial charge in [-0.1, -0.05) is 30.3 Å². The molecule has 1 heterocycles. The van der Waals surface area contributed by atoms with E-state index in [-0.39, 0.29) is 11.9 Å². The number of methoxy groups -OCH3 is 2. The molecule has 144 valence electrons. The molecular formula is C22H28N2O3. The third-order valence-corrected chi connectivity index (χ3v) is 4.94. The molecule has 0 bridgehead atoms. The molecule has 1 fully saturated rings. The SMILES string of the molecule is COc1cc(CCC(=O)NC2CCN(Cc3ccccc3)C2)cc(OC)c1. The lowest BCUT2D eigenvalue weighted by molar-refractivity contribution is -0.121. The van der Waals surface area contributed by atoms with Gasteiger partial charge in [-0.2, -0.15) is 0 Å². The summed E-state index contributed by atoms with van der Waals surface area (Å²) in [6.07, 6.45) is 2.14. The number of likely N-dealkylation sites (tertiary alicyclic amines) is 1. The van der Waals surface area contributed by atoms with Gasteiger partial charge in [0.25, 0.3) is 0 Å². The van der Waals surface area contributed by atoms with Gasteiger partial charge in [-0.3, -0.25) is 9.69 Å². The first-order valence-corrected chi connectivity index (χ1v) is 9.44. The Balaban J connectivity index is 1.45. The Hall–Kier alpha value is -2.53. The number of rotatable bonds is 8. The van der Waals surface area contributed by atoms with Crippen molar-refractivity contribution >= 4 is 5.91 Å². The van der Waals surface area contributed by atoms with Crippen molar-refractivity contribution in [1.82, 2.24) is 10.2 Å². The smallest absolute Gasteiger partial charge is 0.220 e. The highest BCUT2D eigenvalue weighted by Gasteiger charge is 2.23. The normalized spacial score (nSPS) is 16.9. The number of hydrogen-bond acceptors (Lipinski definition) is 4. The van der Waals surface area contributed by atoms with Crippen molar-refractivity contribution in [3.8, 4) is 11.5 Å². The molecule has 1 N–H and O–H groups in total. The Labute approximate surface area is 161 Å². The van der Waals surface area contributed by atoms with Crippen LogP contribution in [0.1, 0.15) is 24.0 Å². The molecule has 1 saturated heterocycles. The average Bonchev–Trinajstić information content (AvgIpc) is 3.13. The molecule has 0 saturated carbocycles. The molecule has 5 heteroatoms. The van der Waals surface area contributed by atoms with Crippen molar-refractivity contribution in [1.29, 1.82) is 0 Å². The van der Waals surface area contributed by atoms with Crippen LogP contribution in [0.5, 0.6) is 11.5 Å². The zero-order valence-corrected chi connectivity index (χ0v) is 16.1. The summed E-state index contributed by atoms with van der Waals surface area (Å²) < 4.78 is 10.6. The van der Waals surface area contributed by atoms with E-state index >= 15 is 0 Å². The molecule has 1 aliphatic rings. The van der Waals surface area contributed by atoms with E-state index in [9.17, 15) is 4.79 Å². The lowest BCUT2D eigenvalue weighted by Crippen LogP contribution is -2.37. The molecular weight excluding hydrogens is 340 g/mol. The van der Waals surface area contributed by atoms with E-state index < -0.39 is 0 Å². The van der Waals surface area contributed by atoms with Gasteiger partial charge in [-0.15, -0.1) is 0 Å². The fourth-order valence-electron chi connectivity index (χ4n) is 3.50. The third-order valence-electron chi connectivity index (χ3n) is 4.94. The second-order valence-electron chi connectivity index (χ2n) is 6.99. The quantitative estimate of drug-likeness (QED) is 0.778. The summed E-state index contributed by atoms with van der Waals surface area (Å²) in [5.41, 5.74) is 2.36. The minimum Gasteiger partial charge on any atom is -0.497 e. The maximum absolute atomic E-state index is 12.4. The number of carbonyl (C=O) groups excluding carboxylic acids is 1. The van der Waals surface area contributed by atoms with Gasteiger partial charge in [-0.05, 0) is 36.1 Å². The van der Waals surface area contributed by atoms with E-state index in [2.05, 4.69) is 34.5 Å². The molecule has 0 radical (unpaired) electrons. The highest BCUT2D eigenvalue weighted by Crippen LogP contribution is 2.23. The van der Waals surface area contributed by atoms with Crippen LogP contribution in [0, 0.1) is 0 Å². The van der Waals surface area contributed by atoms with Crippen molar-refractivity contribution in [2.75, 3.05) is 27.3 Å². The maximum Gasteiger partial charge on any atom is 0.220 e. The monoisotopic (exact) mass is 368 g/mol. The number of hydrogen-bond donors (Lipinski definition) is 1. The first kappa shape index (κ1) is 19.2. The van der Waals surface area contributed by atoms with E-state index in [4.69, 9.17) is 9.47 Å². The average molecular weight is 368 g/mol. The van der Waals surface area contributed by atoms with E-state index in [0.717, 1.165) is 43.1 Å². The molecule has 1 aliphatic heterocycles. The second kappa shape index (κ2) is 9.42. The van der Waals surface area contributed by atoms with Gasteiger partial charge in [0.05, 0.1) is 14.2 Å². The van der Waals surface area contributed by atoms with E-state index in [1.165, 1.54) is 5.56 Å². The zero-order chi connectivity index (χ0) is 19.1. The van der Waals surface area contributed by atoms with Gasteiger partial charge in [0.2, 0.25) is 5.91 Å². The number of carbonyl (C=O) groups is 1. The molecule has 27 heavy (non-hydrogen) atoms. The topological polar surface area (TPSA) is 50.8 Å². The van der Waals surface area contributed by atoms with Crippen molar-refractivity contribution in [3.63, 3.8) is 0 Å². The van der Waals surface area contributed by atoms with Crippen molar-refractivity contribution in [2.45, 2.75) is 31.8 Å². The summed E-state index contributed by atoms with van der Waals surface area (Å²) in [5, 5.41) is 3.18. The van der Waals surface area contributed by atoms with Gasteiger partial charge in [0.15, 0.2) is 0 Å². The molecule has 5 nitrogen and oxygen atoms in total. The molecule has 0 aromatic heterocycles. The number of nitrogens with zero attached hydrogens (tertiary/aromatic N) is 1. The van der Waals surface area contributed by atoms with Crippen LogP contribution >= 0.6 is 0 Å². The standard InChI is InChI=1S/C22H28N2O3/c1-26-20-12-18(13-21(14-20)27-2)8-9-22(25)23-19-10-11-24(16-19)15-17-6-4-3-5-7-17/h3-7,12-14,19H,8-11,15-16H2,1-2H3,(H,23,25). The minimum atomic E-state index is 0.100. The molecule has 1 unspecified atom stereocenters. The predicted molar refractivity (Wildman–Crippen MR) is 106 cm³/mol. The molecule has 1 atom stereocenters. The molecule has 1 amide bonds. The van der Waals surface area contributed by atoms with Crippen molar-refractivity contribution in [3.05, 3.63) is 59.7 Å². The van der Waals surface area contributed by atoms with E-state index in [1.807, 2.05) is 24.3 Å². The molecule has 0 aliphatic carbocycles. The van der Waals surface area contributed by atoms with E-state index in [0.29, 0.717) is 12.8 Å². The summed E-state index contributed by atoms with van der Waals surface area (Å²) in [7, 11) is 3.26. The number of aryl methyl sites for hydroxylation is 1. The highest BCUT2D eigenvalue weighted by molar-refractivity contribution is 5.76. The third kappa shape index (κ3) is 5.73. The largest absolute Gasteiger partial charge is 0.497 e. The number of amides is 1. The minimum absolute atomic E-state index is 0.100. The van der Waals surface area contributed by atoms with Crippen LogP contribution < -0.4 is 14.8 Å². The Morgan fingerprint density at radius 3 is 2.44 bits per heavy atom. The number of ether oxygens (including phenoxy) is 2. The van der Waals surface area contributed by atoms with Crippen LogP contribution in [0.4, 0.5) is 0 Å². The van der Waals surface area contributed by atoms with Crippen LogP contribution in [-0.2, 0) is 17.8 Å². The zero-order valence-electron chi connectivity index (χ0n) is 16.1. The number of benzene rings is 2. The maximum atomic E-state index is 12.4. The van der Waals surface area contributed by atoms with Gasteiger partial charge < -0.3 is 14.8 Å². The summed E-state index contributed by atoms with van der Waals surface area (Å²) in [4.78, 5) is 14.8. The van der Waals surface area contributed by atoms with Crippen LogP contribution in [0.2, 0.25) is 0 Å². The Morgan fingerprint density at radius 2 is 1.78 bits per heavy atom. The van der Waals surface area contributed by atoms with Crippen LogP contribution in [-0.4, -0.2) is 44.2 Å². The first-order chi connectivity index (χ1) is 13.2. The fourth-order valence-corrected chi connectivity index (χ4v) is 3.50. The van der Waals surface area contributed by atoms with Crippen LogP contribution in [0.25, 0.3) is 0 Å². The number of nitrogens with one attached hydrogen (secondary N) is 1. The second-order valence-corrected chi connectivity index (χ2v) is 6.99.